The third-order valence-electron chi connectivity index (χ3n) is 5.58. The molecule has 0 heterocycles. The maximum Gasteiger partial charge on any atom is 0.0337 e. The highest BCUT2D eigenvalue weighted by atomic mass is 14.6. The first kappa shape index (κ1) is 16.9. The Balaban J connectivity index is 1.89. The second kappa shape index (κ2) is 7.74. The van der Waals surface area contributed by atoms with Gasteiger partial charge >= 0.3 is 0 Å². The maximum absolute atomic E-state index is 6.09. The van der Waals surface area contributed by atoms with Crippen molar-refractivity contribution in [1.29, 1.82) is 0 Å². The van der Waals surface area contributed by atoms with Crippen LogP contribution in [0.1, 0.15) is 62.5 Å². The predicted octanol–water partition coefficient (Wildman–Crippen LogP) is 5.59. The average Bonchev–Trinajstić information content (AvgIpc) is 2.57. The van der Waals surface area contributed by atoms with Gasteiger partial charge in [0.15, 0.2) is 0 Å². The van der Waals surface area contributed by atoms with Crippen LogP contribution in [0.25, 0.3) is 0 Å². The summed E-state index contributed by atoms with van der Waals surface area (Å²) < 4.78 is 0. The summed E-state index contributed by atoms with van der Waals surface area (Å²) in [5.41, 5.74) is 16.4. The molecule has 128 valence electrons. The van der Waals surface area contributed by atoms with E-state index in [4.69, 9.17) is 11.5 Å². The molecule has 4 N–H and O–H groups in total. The highest BCUT2D eigenvalue weighted by Crippen LogP contribution is 2.43. The van der Waals surface area contributed by atoms with Crippen molar-refractivity contribution in [2.45, 2.75) is 51.4 Å². The Morgan fingerprint density at radius 2 is 1.50 bits per heavy atom. The predicted molar refractivity (Wildman–Crippen MR) is 104 cm³/mol. The average molecular weight is 322 g/mol. The summed E-state index contributed by atoms with van der Waals surface area (Å²) in [6.07, 6.45) is 8.02. The Bertz CT molecular complexity index is 622. The van der Waals surface area contributed by atoms with E-state index in [1.165, 1.54) is 49.7 Å². The largest absolute Gasteiger partial charge is 0.399 e. The minimum absolute atomic E-state index is 0.402. The lowest BCUT2D eigenvalue weighted by Crippen LogP contribution is -2.21. The number of nitrogens with two attached hydrogens (primary N) is 2. The van der Waals surface area contributed by atoms with Crippen LogP contribution in [0.3, 0.4) is 0 Å². The molecule has 0 aliphatic heterocycles. The summed E-state index contributed by atoms with van der Waals surface area (Å²) in [5.74, 6) is 2.01. The third kappa shape index (κ3) is 3.92. The van der Waals surface area contributed by atoms with Crippen LogP contribution in [0, 0.1) is 11.8 Å². The van der Waals surface area contributed by atoms with E-state index in [1.54, 1.807) is 0 Å². The van der Waals surface area contributed by atoms with Gasteiger partial charge in [0, 0.05) is 17.3 Å². The SMILES string of the molecule is CCCC1CCC(C(c2ccccc2)c2cc(N)cc(N)c2)CC1. The van der Waals surface area contributed by atoms with E-state index in [-0.39, 0.29) is 0 Å². The number of hydrogen-bond donors (Lipinski definition) is 2. The van der Waals surface area contributed by atoms with Crippen LogP contribution >= 0.6 is 0 Å². The van der Waals surface area contributed by atoms with Gasteiger partial charge in [0.05, 0.1) is 0 Å². The fraction of sp³-hybridized carbons (Fsp3) is 0.455. The molecule has 3 rings (SSSR count). The van der Waals surface area contributed by atoms with Gasteiger partial charge in [-0.25, -0.2) is 0 Å². The van der Waals surface area contributed by atoms with Crippen LogP contribution < -0.4 is 11.5 Å². The van der Waals surface area contributed by atoms with E-state index in [0.717, 1.165) is 17.3 Å². The van der Waals surface area contributed by atoms with Crippen molar-refractivity contribution in [2.75, 3.05) is 11.5 Å². The molecule has 1 aliphatic rings. The van der Waals surface area contributed by atoms with E-state index in [0.29, 0.717) is 11.8 Å². The smallest absolute Gasteiger partial charge is 0.0337 e. The van der Waals surface area contributed by atoms with Crippen LogP contribution in [-0.2, 0) is 0 Å². The second-order valence-electron chi connectivity index (χ2n) is 7.39. The van der Waals surface area contributed by atoms with Crippen molar-refractivity contribution < 1.29 is 0 Å². The first-order valence-electron chi connectivity index (χ1n) is 9.38. The van der Waals surface area contributed by atoms with Gasteiger partial charge < -0.3 is 11.5 Å². The van der Waals surface area contributed by atoms with Gasteiger partial charge in [-0.1, -0.05) is 62.9 Å². The van der Waals surface area contributed by atoms with Crippen molar-refractivity contribution in [1.82, 2.24) is 0 Å². The molecule has 2 aromatic rings. The Hall–Kier alpha value is -1.96. The van der Waals surface area contributed by atoms with Gasteiger partial charge in [-0.05, 0) is 54.0 Å². The Morgan fingerprint density at radius 1 is 0.875 bits per heavy atom. The molecule has 0 amide bonds. The standard InChI is InChI=1S/C22H30N2/c1-2-6-16-9-11-18(12-10-16)22(17-7-4-3-5-8-17)19-13-20(23)15-21(24)14-19/h3-5,7-8,13-16,18,22H,2,6,9-12,23-24H2,1H3. The maximum atomic E-state index is 6.09. The molecule has 2 heteroatoms. The Kier molecular flexibility index (Phi) is 5.44. The molecule has 1 fully saturated rings. The van der Waals surface area contributed by atoms with Gasteiger partial charge in [0.2, 0.25) is 0 Å². The van der Waals surface area contributed by atoms with E-state index in [9.17, 15) is 0 Å². The van der Waals surface area contributed by atoms with E-state index in [2.05, 4.69) is 49.4 Å². The molecule has 0 bridgehead atoms. The molecule has 1 saturated carbocycles. The third-order valence-corrected chi connectivity index (χ3v) is 5.58. The van der Waals surface area contributed by atoms with Gasteiger partial charge in [-0.2, -0.15) is 0 Å². The molecule has 2 nitrogen and oxygen atoms in total. The first-order valence-corrected chi connectivity index (χ1v) is 9.38. The summed E-state index contributed by atoms with van der Waals surface area (Å²) in [5, 5.41) is 0. The molecule has 24 heavy (non-hydrogen) atoms. The second-order valence-corrected chi connectivity index (χ2v) is 7.39. The molecule has 0 aromatic heterocycles. The zero-order valence-corrected chi connectivity index (χ0v) is 14.7. The topological polar surface area (TPSA) is 52.0 Å². The number of benzene rings is 2. The van der Waals surface area contributed by atoms with E-state index in [1.807, 2.05) is 6.07 Å². The summed E-state index contributed by atoms with van der Waals surface area (Å²) in [6, 6.07) is 17.0. The number of anilines is 2. The van der Waals surface area contributed by atoms with E-state index >= 15 is 0 Å². The number of rotatable bonds is 5. The van der Waals surface area contributed by atoms with Crippen molar-refractivity contribution in [3.8, 4) is 0 Å². The summed E-state index contributed by atoms with van der Waals surface area (Å²) in [6.45, 7) is 2.30. The highest BCUT2D eigenvalue weighted by molar-refractivity contribution is 5.56. The van der Waals surface area contributed by atoms with Crippen LogP contribution in [0.5, 0.6) is 0 Å². The first-order chi connectivity index (χ1) is 11.7. The molecule has 0 saturated heterocycles. The van der Waals surface area contributed by atoms with E-state index < -0.39 is 0 Å². The molecule has 1 unspecified atom stereocenters. The summed E-state index contributed by atoms with van der Waals surface area (Å²) in [4.78, 5) is 0. The van der Waals surface area contributed by atoms with Crippen molar-refractivity contribution >= 4 is 11.4 Å². The molecular formula is C22H30N2. The quantitative estimate of drug-likeness (QED) is 0.705. The van der Waals surface area contributed by atoms with Crippen LogP contribution in [-0.4, -0.2) is 0 Å². The molecule has 0 radical (unpaired) electrons. The molecule has 2 aromatic carbocycles. The number of nitrogen functional groups attached to an aromatic ring is 2. The van der Waals surface area contributed by atoms with Gasteiger partial charge in [-0.15, -0.1) is 0 Å². The minimum atomic E-state index is 0.402. The zero-order valence-electron chi connectivity index (χ0n) is 14.7. The molecule has 1 aliphatic carbocycles. The van der Waals surface area contributed by atoms with Gasteiger partial charge in [-0.3, -0.25) is 0 Å². The molecule has 0 spiro atoms. The fourth-order valence-electron chi connectivity index (χ4n) is 4.50. The lowest BCUT2D eigenvalue weighted by atomic mass is 9.70. The van der Waals surface area contributed by atoms with Crippen molar-refractivity contribution in [3.05, 3.63) is 59.7 Å². The Morgan fingerprint density at radius 3 is 2.08 bits per heavy atom. The Labute approximate surface area is 146 Å². The van der Waals surface area contributed by atoms with Gasteiger partial charge in [0.1, 0.15) is 0 Å². The van der Waals surface area contributed by atoms with Crippen LogP contribution in [0.15, 0.2) is 48.5 Å². The molecular weight excluding hydrogens is 292 g/mol. The normalized spacial score (nSPS) is 22.2. The highest BCUT2D eigenvalue weighted by Gasteiger charge is 2.29. The minimum Gasteiger partial charge on any atom is -0.399 e. The van der Waals surface area contributed by atoms with Crippen molar-refractivity contribution in [3.63, 3.8) is 0 Å². The monoisotopic (exact) mass is 322 g/mol. The van der Waals surface area contributed by atoms with Crippen molar-refractivity contribution in [2.24, 2.45) is 11.8 Å². The van der Waals surface area contributed by atoms with Crippen LogP contribution in [0.2, 0.25) is 0 Å². The van der Waals surface area contributed by atoms with Crippen LogP contribution in [0.4, 0.5) is 11.4 Å². The summed E-state index contributed by atoms with van der Waals surface area (Å²) in [7, 11) is 0. The summed E-state index contributed by atoms with van der Waals surface area (Å²) >= 11 is 0. The van der Waals surface area contributed by atoms with Gasteiger partial charge in [0.25, 0.3) is 0 Å². The number of hydrogen-bond acceptors (Lipinski definition) is 2. The lowest BCUT2D eigenvalue weighted by molar-refractivity contribution is 0.245. The fourth-order valence-corrected chi connectivity index (χ4v) is 4.50. The molecule has 1 atom stereocenters. The lowest BCUT2D eigenvalue weighted by Gasteiger charge is -2.35. The zero-order chi connectivity index (χ0) is 16.9.